The fourth-order valence-corrected chi connectivity index (χ4v) is 5.04. The third-order valence-corrected chi connectivity index (χ3v) is 6.59. The molecule has 1 aromatic carbocycles. The average Bonchev–Trinajstić information content (AvgIpc) is 3.42. The number of carbonyl (C=O) groups is 1. The lowest BCUT2D eigenvalue weighted by molar-refractivity contribution is 0.0995. The quantitative estimate of drug-likeness (QED) is 0.689. The van der Waals surface area contributed by atoms with Gasteiger partial charge in [0.15, 0.2) is 5.69 Å². The van der Waals surface area contributed by atoms with Crippen LogP contribution in [-0.4, -0.2) is 38.7 Å². The molecule has 1 saturated heterocycles. The second kappa shape index (κ2) is 8.19. The van der Waals surface area contributed by atoms with Crippen molar-refractivity contribution >= 4 is 16.8 Å². The van der Waals surface area contributed by atoms with Crippen molar-refractivity contribution in [2.45, 2.75) is 57.5 Å². The average molecular weight is 404 g/mol. The van der Waals surface area contributed by atoms with E-state index in [4.69, 9.17) is 5.73 Å². The summed E-state index contributed by atoms with van der Waals surface area (Å²) in [4.78, 5) is 19.1. The van der Waals surface area contributed by atoms with Crippen LogP contribution >= 0.6 is 0 Å². The Labute approximate surface area is 177 Å². The van der Waals surface area contributed by atoms with Crippen LogP contribution in [0.4, 0.5) is 0 Å². The summed E-state index contributed by atoms with van der Waals surface area (Å²) in [5.74, 6) is -0.465. The third kappa shape index (κ3) is 3.72. The zero-order valence-corrected chi connectivity index (χ0v) is 17.4. The summed E-state index contributed by atoms with van der Waals surface area (Å²) in [7, 11) is 0. The van der Waals surface area contributed by atoms with Gasteiger partial charge >= 0.3 is 0 Å². The molecule has 3 aromatic rings. The molecule has 0 atom stereocenters. The zero-order valence-electron chi connectivity index (χ0n) is 17.4. The topological polar surface area (TPSA) is 77.0 Å². The highest BCUT2D eigenvalue weighted by atomic mass is 16.1. The molecular formula is C24H29N5O. The zero-order chi connectivity index (χ0) is 20.5. The molecule has 0 unspecified atom stereocenters. The van der Waals surface area contributed by atoms with E-state index in [2.05, 4.69) is 39.2 Å². The van der Waals surface area contributed by atoms with E-state index in [0.717, 1.165) is 41.4 Å². The summed E-state index contributed by atoms with van der Waals surface area (Å²) in [6, 6.07) is 8.82. The van der Waals surface area contributed by atoms with Gasteiger partial charge in [0.1, 0.15) is 0 Å². The molecule has 1 saturated carbocycles. The maximum atomic E-state index is 12.1. The largest absolute Gasteiger partial charge is 0.364 e. The number of nitrogens with two attached hydrogens (primary N) is 1. The van der Waals surface area contributed by atoms with Gasteiger partial charge in [0.05, 0.1) is 11.6 Å². The predicted octanol–water partition coefficient (Wildman–Crippen LogP) is 4.30. The molecule has 156 valence electrons. The summed E-state index contributed by atoms with van der Waals surface area (Å²) in [6.07, 6.45) is 12.3. The molecular weight excluding hydrogens is 374 g/mol. The number of nitrogens with zero attached hydrogens (tertiary/aromatic N) is 4. The molecule has 0 radical (unpaired) electrons. The Morgan fingerprint density at radius 3 is 2.57 bits per heavy atom. The number of aromatic nitrogens is 3. The summed E-state index contributed by atoms with van der Waals surface area (Å²) < 4.78 is 2.04. The van der Waals surface area contributed by atoms with Crippen LogP contribution in [0.2, 0.25) is 0 Å². The van der Waals surface area contributed by atoms with Crippen molar-refractivity contribution in [2.75, 3.05) is 13.1 Å². The van der Waals surface area contributed by atoms with Crippen molar-refractivity contribution in [1.29, 1.82) is 0 Å². The van der Waals surface area contributed by atoms with Crippen molar-refractivity contribution in [3.05, 3.63) is 47.9 Å². The lowest BCUT2D eigenvalue weighted by Crippen LogP contribution is -2.18. The van der Waals surface area contributed by atoms with E-state index in [1.807, 2.05) is 17.1 Å². The molecule has 1 aliphatic carbocycles. The molecule has 30 heavy (non-hydrogen) atoms. The van der Waals surface area contributed by atoms with Gasteiger partial charge in [-0.05, 0) is 68.1 Å². The number of primary amides is 1. The number of hydrogen-bond acceptors (Lipinski definition) is 4. The second-order valence-electron chi connectivity index (χ2n) is 8.75. The van der Waals surface area contributed by atoms with Crippen LogP contribution in [0.5, 0.6) is 0 Å². The number of rotatable bonds is 5. The Hall–Kier alpha value is -2.73. The first kappa shape index (κ1) is 19.2. The van der Waals surface area contributed by atoms with Crippen LogP contribution in [0.25, 0.3) is 22.0 Å². The van der Waals surface area contributed by atoms with Gasteiger partial charge in [-0.2, -0.15) is 5.10 Å². The van der Waals surface area contributed by atoms with Crippen molar-refractivity contribution in [3.8, 4) is 11.1 Å². The Bertz CT molecular complexity index is 1060. The predicted molar refractivity (Wildman–Crippen MR) is 118 cm³/mol. The van der Waals surface area contributed by atoms with Crippen LogP contribution in [0.1, 0.15) is 67.0 Å². The van der Waals surface area contributed by atoms with Gasteiger partial charge in [-0.15, -0.1) is 0 Å². The number of fused-ring (bicyclic) bond motifs is 1. The van der Waals surface area contributed by atoms with Crippen molar-refractivity contribution in [2.24, 2.45) is 5.73 Å². The molecule has 3 heterocycles. The lowest BCUT2D eigenvalue weighted by atomic mass is 9.95. The molecule has 0 bridgehead atoms. The minimum atomic E-state index is -0.465. The molecule has 2 N–H and O–H groups in total. The van der Waals surface area contributed by atoms with Crippen LogP contribution < -0.4 is 5.73 Å². The molecule has 2 aromatic heterocycles. The lowest BCUT2D eigenvalue weighted by Gasteiger charge is -2.22. The Balaban J connectivity index is 1.51. The van der Waals surface area contributed by atoms with Gasteiger partial charge in [0.25, 0.3) is 5.91 Å². The molecule has 5 rings (SSSR count). The minimum absolute atomic E-state index is 0.352. The van der Waals surface area contributed by atoms with Gasteiger partial charge in [-0.3, -0.25) is 19.4 Å². The van der Waals surface area contributed by atoms with Crippen molar-refractivity contribution < 1.29 is 4.79 Å². The van der Waals surface area contributed by atoms with E-state index in [0.29, 0.717) is 11.7 Å². The van der Waals surface area contributed by atoms with Gasteiger partial charge in [-0.1, -0.05) is 25.3 Å². The highest BCUT2D eigenvalue weighted by molar-refractivity contribution is 6.05. The monoisotopic (exact) mass is 403 g/mol. The summed E-state index contributed by atoms with van der Waals surface area (Å²) in [5, 5.41) is 5.50. The third-order valence-electron chi connectivity index (χ3n) is 6.59. The first-order valence-electron chi connectivity index (χ1n) is 11.2. The SMILES string of the molecule is NC(=O)c1nn(C2CCCCC2)c2ccc(-c3cncc(CN4CCCC4)c3)cc12. The molecule has 2 fully saturated rings. The maximum Gasteiger partial charge on any atom is 0.269 e. The number of amides is 1. The van der Waals surface area contributed by atoms with Crippen LogP contribution in [-0.2, 0) is 6.54 Å². The van der Waals surface area contributed by atoms with Gasteiger partial charge < -0.3 is 5.73 Å². The van der Waals surface area contributed by atoms with E-state index in [9.17, 15) is 4.79 Å². The van der Waals surface area contributed by atoms with Crippen molar-refractivity contribution in [1.82, 2.24) is 19.7 Å². The van der Waals surface area contributed by atoms with E-state index >= 15 is 0 Å². The molecule has 1 aliphatic heterocycles. The number of pyridine rings is 1. The van der Waals surface area contributed by atoms with Crippen LogP contribution in [0.3, 0.4) is 0 Å². The molecule has 2 aliphatic rings. The summed E-state index contributed by atoms with van der Waals surface area (Å²) in [6.45, 7) is 3.27. The Kier molecular flexibility index (Phi) is 5.25. The standard InChI is InChI=1S/C24H29N5O/c25-24(30)23-21-13-18(8-9-22(21)29(27-23)20-6-2-1-3-7-20)19-12-17(14-26-15-19)16-28-10-4-5-11-28/h8-9,12-15,20H,1-7,10-11,16H2,(H2,25,30). The first-order valence-corrected chi connectivity index (χ1v) is 11.2. The number of benzene rings is 1. The van der Waals surface area contributed by atoms with E-state index in [1.165, 1.54) is 50.8 Å². The molecule has 0 spiro atoms. The molecule has 1 amide bonds. The fourth-order valence-electron chi connectivity index (χ4n) is 5.04. The smallest absolute Gasteiger partial charge is 0.269 e. The molecule has 6 nitrogen and oxygen atoms in total. The number of carbonyl (C=O) groups excluding carboxylic acids is 1. The summed E-state index contributed by atoms with van der Waals surface area (Å²) in [5.41, 5.74) is 10.4. The minimum Gasteiger partial charge on any atom is -0.364 e. The van der Waals surface area contributed by atoms with Gasteiger partial charge in [0, 0.05) is 29.9 Å². The van der Waals surface area contributed by atoms with E-state index < -0.39 is 5.91 Å². The van der Waals surface area contributed by atoms with Gasteiger partial charge in [0.2, 0.25) is 0 Å². The fraction of sp³-hybridized carbons (Fsp3) is 0.458. The first-order chi connectivity index (χ1) is 14.7. The number of likely N-dealkylation sites (tertiary alicyclic amines) is 1. The maximum absolute atomic E-state index is 12.1. The normalized spacial score (nSPS) is 18.3. The molecule has 6 heteroatoms. The van der Waals surface area contributed by atoms with Crippen LogP contribution in [0, 0.1) is 0 Å². The van der Waals surface area contributed by atoms with E-state index in [1.54, 1.807) is 0 Å². The van der Waals surface area contributed by atoms with Crippen LogP contribution in [0.15, 0.2) is 36.7 Å². The Morgan fingerprint density at radius 2 is 1.80 bits per heavy atom. The summed E-state index contributed by atoms with van der Waals surface area (Å²) >= 11 is 0. The number of hydrogen-bond donors (Lipinski definition) is 1. The Morgan fingerprint density at radius 1 is 1.00 bits per heavy atom. The van der Waals surface area contributed by atoms with E-state index in [-0.39, 0.29) is 0 Å². The highest BCUT2D eigenvalue weighted by Crippen LogP contribution is 2.33. The van der Waals surface area contributed by atoms with Gasteiger partial charge in [-0.25, -0.2) is 0 Å². The van der Waals surface area contributed by atoms with Crippen molar-refractivity contribution in [3.63, 3.8) is 0 Å². The highest BCUT2D eigenvalue weighted by Gasteiger charge is 2.22. The second-order valence-corrected chi connectivity index (χ2v) is 8.75.